The number of likely N-dealkylation sites (N-methyl/N-ethyl adjacent to an activating group) is 1. The van der Waals surface area contributed by atoms with Crippen LogP contribution >= 0.6 is 35.6 Å². The average Bonchev–Trinajstić information content (AvgIpc) is 2.86. The Labute approximate surface area is 156 Å². The second-order valence-electron chi connectivity index (χ2n) is 5.07. The number of ether oxygens (including phenoxy) is 1. The first-order valence-corrected chi connectivity index (χ1v) is 7.56. The zero-order valence-corrected chi connectivity index (χ0v) is 15.7. The van der Waals surface area contributed by atoms with Gasteiger partial charge in [-0.3, -0.25) is 0 Å². The molecule has 0 amide bonds. The first-order chi connectivity index (χ1) is 10.9. The number of nitrogens with one attached hydrogen (secondary N) is 1. The molecule has 0 unspecified atom stereocenters. The van der Waals surface area contributed by atoms with E-state index in [1.165, 1.54) is 11.9 Å². The lowest BCUT2D eigenvalue weighted by Gasteiger charge is -2.07. The van der Waals surface area contributed by atoms with Crippen LogP contribution in [0, 0.1) is 0 Å². The minimum atomic E-state index is -0.572. The fraction of sp³-hybridized carbons (Fsp3) is 0.357. The first-order valence-electron chi connectivity index (χ1n) is 6.80. The van der Waals surface area contributed by atoms with Gasteiger partial charge in [0.2, 0.25) is 5.69 Å². The van der Waals surface area contributed by atoms with E-state index in [-0.39, 0.29) is 23.9 Å². The van der Waals surface area contributed by atoms with Crippen molar-refractivity contribution < 1.29 is 9.53 Å². The topological polar surface area (TPSA) is 72.3 Å². The van der Waals surface area contributed by atoms with Crippen molar-refractivity contribution in [2.45, 2.75) is 6.54 Å². The summed E-state index contributed by atoms with van der Waals surface area (Å²) in [7, 11) is 5.18. The number of aromatic nitrogens is 3. The molecule has 0 saturated heterocycles. The van der Waals surface area contributed by atoms with Gasteiger partial charge in [0.1, 0.15) is 0 Å². The number of nitrogens with zero attached hydrogens (tertiary/aromatic N) is 4. The second kappa shape index (κ2) is 9.08. The number of halogens is 3. The smallest absolute Gasteiger partial charge is 0.362 e. The van der Waals surface area contributed by atoms with E-state index in [0.717, 1.165) is 6.54 Å². The summed E-state index contributed by atoms with van der Waals surface area (Å²) in [6.07, 6.45) is 0. The molecule has 0 aliphatic rings. The first kappa shape index (κ1) is 20.5. The van der Waals surface area contributed by atoms with Gasteiger partial charge in [-0.05, 0) is 32.3 Å². The molecule has 0 atom stereocenters. The molecule has 132 valence electrons. The van der Waals surface area contributed by atoms with Gasteiger partial charge in [0.15, 0.2) is 5.82 Å². The van der Waals surface area contributed by atoms with E-state index in [2.05, 4.69) is 15.5 Å². The Balaban J connectivity index is 0.00000288. The maximum Gasteiger partial charge on any atom is 0.362 e. The number of benzene rings is 1. The van der Waals surface area contributed by atoms with E-state index in [1.54, 1.807) is 18.2 Å². The van der Waals surface area contributed by atoms with Crippen molar-refractivity contribution in [1.82, 2.24) is 19.9 Å². The van der Waals surface area contributed by atoms with Crippen LogP contribution in [0.15, 0.2) is 18.2 Å². The quantitative estimate of drug-likeness (QED) is 0.759. The van der Waals surface area contributed by atoms with Crippen molar-refractivity contribution in [2.75, 3.05) is 33.1 Å². The van der Waals surface area contributed by atoms with Gasteiger partial charge in [0.25, 0.3) is 0 Å². The number of hydrogen-bond donors (Lipinski definition) is 1. The normalized spacial score (nSPS) is 10.4. The number of esters is 1. The summed E-state index contributed by atoms with van der Waals surface area (Å²) in [5, 5.41) is 12.4. The van der Waals surface area contributed by atoms with Crippen LogP contribution in [-0.4, -0.2) is 53.6 Å². The molecule has 0 aliphatic heterocycles. The van der Waals surface area contributed by atoms with Gasteiger partial charge >= 0.3 is 5.97 Å². The SMILES string of the molecule is COC(=O)c1nn(CCN(C)C)nc1Nc1cc(Cl)cc(Cl)c1.Cl. The van der Waals surface area contributed by atoms with Crippen LogP contribution in [0.25, 0.3) is 0 Å². The highest BCUT2D eigenvalue weighted by Crippen LogP contribution is 2.25. The lowest BCUT2D eigenvalue weighted by molar-refractivity contribution is 0.0594. The minimum absolute atomic E-state index is 0. The monoisotopic (exact) mass is 393 g/mol. The molecule has 1 aromatic carbocycles. The molecule has 0 saturated carbocycles. The van der Waals surface area contributed by atoms with Crippen molar-refractivity contribution in [1.29, 1.82) is 0 Å². The number of carbonyl (C=O) groups excluding carboxylic acids is 1. The fourth-order valence-electron chi connectivity index (χ4n) is 1.82. The number of hydrogen-bond acceptors (Lipinski definition) is 6. The summed E-state index contributed by atoms with van der Waals surface area (Å²) in [5.74, 6) is -0.286. The fourth-order valence-corrected chi connectivity index (χ4v) is 2.34. The van der Waals surface area contributed by atoms with E-state index in [0.29, 0.717) is 22.3 Å². The van der Waals surface area contributed by atoms with Gasteiger partial charge in [-0.1, -0.05) is 23.2 Å². The summed E-state index contributed by atoms with van der Waals surface area (Å²) in [6.45, 7) is 1.27. The number of rotatable bonds is 6. The molecule has 0 fully saturated rings. The number of methoxy groups -OCH3 is 1. The van der Waals surface area contributed by atoms with Crippen LogP contribution in [0.5, 0.6) is 0 Å². The van der Waals surface area contributed by atoms with Crippen molar-refractivity contribution in [3.8, 4) is 0 Å². The Hall–Kier alpha value is -1.54. The van der Waals surface area contributed by atoms with Gasteiger partial charge in [0, 0.05) is 22.3 Å². The highest BCUT2D eigenvalue weighted by Gasteiger charge is 2.20. The Morgan fingerprint density at radius 2 is 1.88 bits per heavy atom. The number of carbonyl (C=O) groups is 1. The molecular weight excluding hydrogens is 377 g/mol. The highest BCUT2D eigenvalue weighted by molar-refractivity contribution is 6.35. The molecule has 10 heteroatoms. The molecule has 1 aromatic heterocycles. The molecule has 7 nitrogen and oxygen atoms in total. The summed E-state index contributed by atoms with van der Waals surface area (Å²) in [4.78, 5) is 15.3. The van der Waals surface area contributed by atoms with Crippen LogP contribution in [0.1, 0.15) is 10.5 Å². The Kier molecular flexibility index (Phi) is 7.75. The second-order valence-corrected chi connectivity index (χ2v) is 5.94. The van der Waals surface area contributed by atoms with Gasteiger partial charge in [-0.15, -0.1) is 22.6 Å². The minimum Gasteiger partial charge on any atom is -0.464 e. The largest absolute Gasteiger partial charge is 0.464 e. The molecule has 24 heavy (non-hydrogen) atoms. The van der Waals surface area contributed by atoms with Crippen molar-refractivity contribution in [2.24, 2.45) is 0 Å². The predicted molar refractivity (Wildman–Crippen MR) is 96.9 cm³/mol. The third-order valence-electron chi connectivity index (χ3n) is 2.91. The van der Waals surface area contributed by atoms with Crippen molar-refractivity contribution in [3.63, 3.8) is 0 Å². The van der Waals surface area contributed by atoms with Crippen LogP contribution in [0.4, 0.5) is 11.5 Å². The van der Waals surface area contributed by atoms with Gasteiger partial charge in [-0.2, -0.15) is 4.80 Å². The van der Waals surface area contributed by atoms with Crippen LogP contribution in [0.2, 0.25) is 10.0 Å². The predicted octanol–water partition coefficient (Wildman–Crippen LogP) is 3.10. The molecule has 1 heterocycles. The Morgan fingerprint density at radius 1 is 1.25 bits per heavy atom. The van der Waals surface area contributed by atoms with Crippen LogP contribution in [-0.2, 0) is 11.3 Å². The van der Waals surface area contributed by atoms with Gasteiger partial charge in [0.05, 0.1) is 13.7 Å². The molecule has 0 radical (unpaired) electrons. The van der Waals surface area contributed by atoms with E-state index in [1.807, 2.05) is 19.0 Å². The van der Waals surface area contributed by atoms with E-state index < -0.39 is 5.97 Å². The maximum absolute atomic E-state index is 11.9. The summed E-state index contributed by atoms with van der Waals surface area (Å²) in [6, 6.07) is 4.96. The third-order valence-corrected chi connectivity index (χ3v) is 3.34. The summed E-state index contributed by atoms with van der Waals surface area (Å²) in [5.41, 5.74) is 0.703. The van der Waals surface area contributed by atoms with Crippen molar-refractivity contribution in [3.05, 3.63) is 33.9 Å². The van der Waals surface area contributed by atoms with Gasteiger partial charge in [-0.25, -0.2) is 4.79 Å². The van der Waals surface area contributed by atoms with E-state index in [4.69, 9.17) is 27.9 Å². The number of anilines is 2. The Bertz CT molecular complexity index is 685. The van der Waals surface area contributed by atoms with Crippen LogP contribution in [0.3, 0.4) is 0 Å². The molecule has 1 N–H and O–H groups in total. The lowest BCUT2D eigenvalue weighted by atomic mass is 10.3. The van der Waals surface area contributed by atoms with Gasteiger partial charge < -0.3 is 15.0 Å². The molecule has 0 bridgehead atoms. The molecular formula is C14H18Cl3N5O2. The highest BCUT2D eigenvalue weighted by atomic mass is 35.5. The molecule has 2 rings (SSSR count). The zero-order chi connectivity index (χ0) is 17.0. The molecule has 0 spiro atoms. The maximum atomic E-state index is 11.9. The van der Waals surface area contributed by atoms with Crippen LogP contribution < -0.4 is 5.32 Å². The molecule has 0 aliphatic carbocycles. The standard InChI is InChI=1S/C14H17Cl2N5O2.ClH/c1-20(2)4-5-21-18-12(14(22)23-3)13(19-21)17-11-7-9(15)6-10(16)8-11;/h6-8H,4-5H2,1-3H3,(H,17,19);1H. The summed E-state index contributed by atoms with van der Waals surface area (Å²) < 4.78 is 4.74. The summed E-state index contributed by atoms with van der Waals surface area (Å²) >= 11 is 11.9. The Morgan fingerprint density at radius 3 is 2.42 bits per heavy atom. The van der Waals surface area contributed by atoms with E-state index in [9.17, 15) is 4.79 Å². The lowest BCUT2D eigenvalue weighted by Crippen LogP contribution is -2.20. The van der Waals surface area contributed by atoms with E-state index >= 15 is 0 Å². The molecule has 2 aromatic rings. The van der Waals surface area contributed by atoms with Crippen molar-refractivity contribution >= 4 is 53.1 Å². The average molecular weight is 395 g/mol. The third kappa shape index (κ3) is 5.52. The zero-order valence-electron chi connectivity index (χ0n) is 13.4.